The van der Waals surface area contributed by atoms with Crippen LogP contribution in [0.5, 0.6) is 0 Å². The van der Waals surface area contributed by atoms with E-state index in [1.54, 1.807) is 24.9 Å². The lowest BCUT2D eigenvalue weighted by molar-refractivity contribution is 0.174. The number of hydrogen-bond donors (Lipinski definition) is 2. The standard InChI is InChI=1S/C14H15ClN2O.C9H13N7O/c1-2-4-12-16-11-6-3-5-10(15)13(11)14(18)17(12)9-7-8-9;1-16-5(3-17-2)14-9(15-16)6-7(10)12-4-13-8(6)11/h3,5-6,9H,2,4,7-8H2,1H3;4H,3H2,1-2H3,(H4,10,11,12,13). The number of hydrogen-bond acceptors (Lipinski definition) is 9. The van der Waals surface area contributed by atoms with Crippen molar-refractivity contribution in [2.45, 2.75) is 45.3 Å². The molecule has 4 N–H and O–H groups in total. The predicted octanol–water partition coefficient (Wildman–Crippen LogP) is 2.92. The van der Waals surface area contributed by atoms with Crippen molar-refractivity contribution >= 4 is 34.1 Å². The molecule has 1 aliphatic carbocycles. The normalized spacial score (nSPS) is 13.0. The number of nitrogens with zero attached hydrogens (tertiary/aromatic N) is 7. The Hall–Kier alpha value is -3.57. The molecule has 0 spiro atoms. The summed E-state index contributed by atoms with van der Waals surface area (Å²) in [6, 6.07) is 5.80. The minimum atomic E-state index is 0.0246. The van der Waals surface area contributed by atoms with Crippen LogP contribution >= 0.6 is 11.6 Å². The number of ether oxygens (including phenoxy) is 1. The average molecular weight is 498 g/mol. The van der Waals surface area contributed by atoms with Crippen LogP contribution in [0.25, 0.3) is 22.3 Å². The van der Waals surface area contributed by atoms with Crippen molar-refractivity contribution in [1.82, 2.24) is 34.3 Å². The van der Waals surface area contributed by atoms with E-state index in [0.29, 0.717) is 45.8 Å². The first-order valence-electron chi connectivity index (χ1n) is 11.3. The summed E-state index contributed by atoms with van der Waals surface area (Å²) < 4.78 is 8.46. The Morgan fingerprint density at radius 2 is 1.86 bits per heavy atom. The lowest BCUT2D eigenvalue weighted by Gasteiger charge is -2.12. The van der Waals surface area contributed by atoms with E-state index in [1.165, 1.54) is 6.33 Å². The van der Waals surface area contributed by atoms with Crippen LogP contribution in [0.2, 0.25) is 5.02 Å². The summed E-state index contributed by atoms with van der Waals surface area (Å²) in [5.41, 5.74) is 12.7. The fraction of sp³-hybridized carbons (Fsp3) is 0.391. The number of nitrogens with two attached hydrogens (primary N) is 2. The van der Waals surface area contributed by atoms with Gasteiger partial charge in [0.15, 0.2) is 11.6 Å². The molecule has 0 unspecified atom stereocenters. The third kappa shape index (κ3) is 5.10. The molecule has 0 aliphatic heterocycles. The summed E-state index contributed by atoms with van der Waals surface area (Å²) in [6.45, 7) is 2.46. The number of aryl methyl sites for hydroxylation is 2. The van der Waals surface area contributed by atoms with E-state index in [0.717, 1.165) is 31.5 Å². The SMILES string of the molecule is CCCc1nc2cccc(Cl)c2c(=O)n1C1CC1.COCc1nc(-c2c(N)ncnc2N)nn1C. The molecule has 1 fully saturated rings. The first-order valence-corrected chi connectivity index (χ1v) is 11.7. The number of anilines is 2. The zero-order valence-corrected chi connectivity index (χ0v) is 20.7. The molecule has 1 aliphatic rings. The van der Waals surface area contributed by atoms with Gasteiger partial charge in [-0.3, -0.25) is 14.0 Å². The van der Waals surface area contributed by atoms with Crippen molar-refractivity contribution in [3.05, 3.63) is 51.6 Å². The molecule has 4 aromatic rings. The summed E-state index contributed by atoms with van der Waals surface area (Å²) >= 11 is 6.14. The third-order valence-corrected chi connectivity index (χ3v) is 5.91. The van der Waals surface area contributed by atoms with Crippen molar-refractivity contribution in [3.63, 3.8) is 0 Å². The van der Waals surface area contributed by atoms with E-state index >= 15 is 0 Å². The summed E-state index contributed by atoms with van der Waals surface area (Å²) in [7, 11) is 3.35. The first kappa shape index (κ1) is 24.6. The van der Waals surface area contributed by atoms with Crippen LogP contribution in [0.4, 0.5) is 11.6 Å². The number of aromatic nitrogens is 7. The molecule has 0 radical (unpaired) electrons. The molecule has 11 nitrogen and oxygen atoms in total. The summed E-state index contributed by atoms with van der Waals surface area (Å²) in [6.07, 6.45) is 5.29. The Labute approximate surface area is 207 Å². The van der Waals surface area contributed by atoms with Gasteiger partial charge in [-0.15, -0.1) is 0 Å². The van der Waals surface area contributed by atoms with Crippen molar-refractivity contribution in [1.29, 1.82) is 0 Å². The lowest BCUT2D eigenvalue weighted by Crippen LogP contribution is -2.24. The van der Waals surface area contributed by atoms with Crippen molar-refractivity contribution < 1.29 is 4.74 Å². The van der Waals surface area contributed by atoms with Gasteiger partial charge < -0.3 is 16.2 Å². The highest BCUT2D eigenvalue weighted by atomic mass is 35.5. The average Bonchev–Trinajstić information content (AvgIpc) is 3.58. The van der Waals surface area contributed by atoms with Gasteiger partial charge in [0.2, 0.25) is 0 Å². The van der Waals surface area contributed by atoms with Crippen molar-refractivity contribution in [3.8, 4) is 11.4 Å². The van der Waals surface area contributed by atoms with Gasteiger partial charge in [-0.05, 0) is 31.4 Å². The summed E-state index contributed by atoms with van der Waals surface area (Å²) in [5.74, 6) is 2.49. The Balaban J connectivity index is 0.000000165. The van der Waals surface area contributed by atoms with Crippen LogP contribution < -0.4 is 17.0 Å². The highest BCUT2D eigenvalue weighted by Gasteiger charge is 2.28. The highest BCUT2D eigenvalue weighted by Crippen LogP contribution is 2.35. The van der Waals surface area contributed by atoms with Gasteiger partial charge in [0.25, 0.3) is 5.56 Å². The van der Waals surface area contributed by atoms with E-state index in [-0.39, 0.29) is 17.2 Å². The molecule has 3 heterocycles. The summed E-state index contributed by atoms with van der Waals surface area (Å²) in [5, 5.41) is 5.27. The number of fused-ring (bicyclic) bond motifs is 1. The van der Waals surface area contributed by atoms with Gasteiger partial charge in [0.1, 0.15) is 36.0 Å². The molecule has 5 rings (SSSR count). The largest absolute Gasteiger partial charge is 0.383 e. The molecule has 0 bridgehead atoms. The number of rotatable bonds is 6. The second-order valence-corrected chi connectivity index (χ2v) is 8.65. The van der Waals surface area contributed by atoms with Crippen molar-refractivity contribution in [2.75, 3.05) is 18.6 Å². The van der Waals surface area contributed by atoms with E-state index < -0.39 is 0 Å². The summed E-state index contributed by atoms with van der Waals surface area (Å²) in [4.78, 5) is 29.2. The Kier molecular flexibility index (Phi) is 7.27. The minimum absolute atomic E-state index is 0.0246. The predicted molar refractivity (Wildman–Crippen MR) is 135 cm³/mol. The Morgan fingerprint density at radius 3 is 2.49 bits per heavy atom. The third-order valence-electron chi connectivity index (χ3n) is 5.59. The monoisotopic (exact) mass is 497 g/mol. The smallest absolute Gasteiger partial charge is 0.263 e. The topological polar surface area (TPSA) is 153 Å². The fourth-order valence-electron chi connectivity index (χ4n) is 3.78. The molecule has 3 aromatic heterocycles. The molecule has 1 saturated carbocycles. The maximum Gasteiger partial charge on any atom is 0.263 e. The van der Waals surface area contributed by atoms with Crippen LogP contribution in [0.1, 0.15) is 43.9 Å². The molecular formula is C23H28ClN9O2. The second-order valence-electron chi connectivity index (χ2n) is 8.25. The molecule has 0 amide bonds. The van der Waals surface area contributed by atoms with Gasteiger partial charge >= 0.3 is 0 Å². The highest BCUT2D eigenvalue weighted by molar-refractivity contribution is 6.35. The second kappa shape index (κ2) is 10.4. The number of nitrogen functional groups attached to an aromatic ring is 2. The molecule has 0 atom stereocenters. The van der Waals surface area contributed by atoms with E-state index in [1.807, 2.05) is 16.7 Å². The van der Waals surface area contributed by atoms with Crippen LogP contribution in [0.3, 0.4) is 0 Å². The first-order chi connectivity index (χ1) is 16.8. The molecule has 35 heavy (non-hydrogen) atoms. The Morgan fingerprint density at radius 1 is 1.14 bits per heavy atom. The molecule has 184 valence electrons. The number of halogens is 1. The molecule has 12 heteroatoms. The molecule has 0 saturated heterocycles. The van der Waals surface area contributed by atoms with Gasteiger partial charge in [-0.1, -0.05) is 24.6 Å². The quantitative estimate of drug-likeness (QED) is 0.409. The van der Waals surface area contributed by atoms with E-state index in [4.69, 9.17) is 27.8 Å². The minimum Gasteiger partial charge on any atom is -0.383 e. The van der Waals surface area contributed by atoms with Crippen LogP contribution in [0.15, 0.2) is 29.3 Å². The van der Waals surface area contributed by atoms with Crippen LogP contribution in [0, 0.1) is 0 Å². The van der Waals surface area contributed by atoms with Crippen LogP contribution in [-0.2, 0) is 24.8 Å². The fourth-order valence-corrected chi connectivity index (χ4v) is 4.03. The van der Waals surface area contributed by atoms with E-state index in [2.05, 4.69) is 32.0 Å². The van der Waals surface area contributed by atoms with Crippen molar-refractivity contribution in [2.24, 2.45) is 7.05 Å². The van der Waals surface area contributed by atoms with Gasteiger partial charge in [-0.2, -0.15) is 5.10 Å². The molecular weight excluding hydrogens is 470 g/mol. The van der Waals surface area contributed by atoms with E-state index in [9.17, 15) is 4.79 Å². The maximum absolute atomic E-state index is 12.6. The number of methoxy groups -OCH3 is 1. The number of benzene rings is 1. The Bertz CT molecular complexity index is 1390. The zero-order chi connectivity index (χ0) is 25.1. The van der Waals surface area contributed by atoms with Gasteiger partial charge in [0.05, 0.1) is 15.9 Å². The zero-order valence-electron chi connectivity index (χ0n) is 19.9. The molecule has 1 aromatic carbocycles. The van der Waals surface area contributed by atoms with Gasteiger partial charge in [0, 0.05) is 26.6 Å². The lowest BCUT2D eigenvalue weighted by atomic mass is 10.2. The maximum atomic E-state index is 12.6. The van der Waals surface area contributed by atoms with Gasteiger partial charge in [-0.25, -0.2) is 19.9 Å². The van der Waals surface area contributed by atoms with Crippen LogP contribution in [-0.4, -0.2) is 41.4 Å².